The van der Waals surface area contributed by atoms with E-state index in [1.165, 1.54) is 0 Å². The lowest BCUT2D eigenvalue weighted by Crippen LogP contribution is -2.33. The number of rotatable bonds is 11. The van der Waals surface area contributed by atoms with Crippen LogP contribution in [-0.4, -0.2) is 48.7 Å². The quantitative estimate of drug-likeness (QED) is 0.355. The Morgan fingerprint density at radius 1 is 1.00 bits per heavy atom. The van der Waals surface area contributed by atoms with Gasteiger partial charge in [0.05, 0.1) is 13.2 Å². The molecule has 172 valence electrons. The molecule has 3 rings (SSSR count). The molecule has 2 aromatic heterocycles. The van der Waals surface area contributed by atoms with E-state index in [4.69, 9.17) is 9.47 Å². The minimum absolute atomic E-state index is 0.200. The van der Waals surface area contributed by atoms with Gasteiger partial charge in [0.1, 0.15) is 29.9 Å². The summed E-state index contributed by atoms with van der Waals surface area (Å²) in [6, 6.07) is 18.3. The van der Waals surface area contributed by atoms with E-state index in [1.807, 2.05) is 54.4 Å². The highest BCUT2D eigenvalue weighted by Crippen LogP contribution is 2.18. The molecule has 0 aliphatic heterocycles. The van der Waals surface area contributed by atoms with Crippen LogP contribution in [0.15, 0.2) is 73.1 Å². The van der Waals surface area contributed by atoms with Gasteiger partial charge in [0.2, 0.25) is 5.91 Å². The maximum atomic E-state index is 12.7. The zero-order valence-corrected chi connectivity index (χ0v) is 18.8. The Labute approximate surface area is 193 Å². The van der Waals surface area contributed by atoms with Crippen LogP contribution in [0.2, 0.25) is 0 Å². The zero-order valence-electron chi connectivity index (χ0n) is 18.8. The molecule has 3 aromatic rings. The van der Waals surface area contributed by atoms with E-state index < -0.39 is 17.8 Å². The second-order valence-electron chi connectivity index (χ2n) is 7.31. The van der Waals surface area contributed by atoms with Gasteiger partial charge in [-0.25, -0.2) is 9.97 Å². The lowest BCUT2D eigenvalue weighted by Gasteiger charge is -2.18. The van der Waals surface area contributed by atoms with Crippen molar-refractivity contribution in [3.8, 4) is 5.75 Å². The van der Waals surface area contributed by atoms with Crippen LogP contribution in [0.25, 0.3) is 0 Å². The van der Waals surface area contributed by atoms with Crippen molar-refractivity contribution in [3.05, 3.63) is 78.6 Å². The molecule has 0 aliphatic carbocycles. The van der Waals surface area contributed by atoms with Gasteiger partial charge in [0, 0.05) is 19.4 Å². The molecule has 0 spiro atoms. The van der Waals surface area contributed by atoms with Gasteiger partial charge in [0.15, 0.2) is 0 Å². The molecule has 1 amide bonds. The summed E-state index contributed by atoms with van der Waals surface area (Å²) in [4.78, 5) is 35.6. The van der Waals surface area contributed by atoms with E-state index in [0.717, 1.165) is 11.4 Å². The number of aromatic nitrogens is 2. The summed E-state index contributed by atoms with van der Waals surface area (Å²) in [5.74, 6) is -0.0277. The van der Waals surface area contributed by atoms with E-state index in [-0.39, 0.29) is 13.0 Å². The van der Waals surface area contributed by atoms with Gasteiger partial charge in [-0.05, 0) is 55.3 Å². The second-order valence-corrected chi connectivity index (χ2v) is 7.31. The maximum absolute atomic E-state index is 12.7. The lowest BCUT2D eigenvalue weighted by molar-refractivity contribution is -0.150. The molecule has 1 aromatic carbocycles. The van der Waals surface area contributed by atoms with Crippen molar-refractivity contribution < 1.29 is 19.1 Å². The molecular formula is C25H28N4O4. The molecule has 0 fully saturated rings. The summed E-state index contributed by atoms with van der Waals surface area (Å²) in [5.41, 5.74) is 0.821. The smallest absolute Gasteiger partial charge is 0.318 e. The van der Waals surface area contributed by atoms with E-state index in [2.05, 4.69) is 15.3 Å². The predicted molar refractivity (Wildman–Crippen MR) is 126 cm³/mol. The zero-order chi connectivity index (χ0) is 23.5. The minimum atomic E-state index is -0.981. The average molecular weight is 449 g/mol. The number of likely N-dealkylation sites (N-methyl/N-ethyl adjacent to an activating group) is 1. The Hall–Kier alpha value is -3.94. The summed E-state index contributed by atoms with van der Waals surface area (Å²) in [6.45, 7) is 3.08. The van der Waals surface area contributed by atoms with Crippen LogP contribution in [0.4, 0.5) is 11.6 Å². The highest BCUT2D eigenvalue weighted by molar-refractivity contribution is 6.04. The third kappa shape index (κ3) is 7.31. The fraction of sp³-hybridized carbons (Fsp3) is 0.280. The van der Waals surface area contributed by atoms with Crippen molar-refractivity contribution in [2.45, 2.75) is 13.3 Å². The highest BCUT2D eigenvalue weighted by Gasteiger charge is 2.28. The third-order valence-corrected chi connectivity index (χ3v) is 4.90. The van der Waals surface area contributed by atoms with Crippen molar-refractivity contribution in [2.24, 2.45) is 5.92 Å². The number of hydrogen-bond donors (Lipinski definition) is 1. The molecule has 0 saturated heterocycles. The fourth-order valence-electron chi connectivity index (χ4n) is 3.13. The second kappa shape index (κ2) is 12.2. The molecule has 0 aliphatic rings. The van der Waals surface area contributed by atoms with Crippen LogP contribution in [0.1, 0.15) is 12.5 Å². The fourth-order valence-corrected chi connectivity index (χ4v) is 3.13. The Morgan fingerprint density at radius 3 is 2.36 bits per heavy atom. The van der Waals surface area contributed by atoms with Gasteiger partial charge in [-0.1, -0.05) is 24.3 Å². The van der Waals surface area contributed by atoms with Crippen molar-refractivity contribution in [2.75, 3.05) is 37.0 Å². The largest absolute Gasteiger partial charge is 0.492 e. The SMILES string of the molecule is CCOC(=O)C(Cc1ccc(OCCN(C)c2ccccn2)cc1)C(=O)Nc1ccccn1. The Kier molecular flexibility index (Phi) is 8.76. The van der Waals surface area contributed by atoms with Crippen LogP contribution in [0.5, 0.6) is 5.75 Å². The van der Waals surface area contributed by atoms with Crippen LogP contribution in [0.3, 0.4) is 0 Å². The number of anilines is 2. The molecule has 2 heterocycles. The maximum Gasteiger partial charge on any atom is 0.318 e. The van der Waals surface area contributed by atoms with Gasteiger partial charge in [-0.15, -0.1) is 0 Å². The van der Waals surface area contributed by atoms with Gasteiger partial charge in [0.25, 0.3) is 0 Å². The molecule has 8 nitrogen and oxygen atoms in total. The van der Waals surface area contributed by atoms with Gasteiger partial charge in [-0.2, -0.15) is 0 Å². The average Bonchev–Trinajstić information content (AvgIpc) is 2.84. The number of pyridine rings is 2. The summed E-state index contributed by atoms with van der Waals surface area (Å²) in [6.07, 6.45) is 3.54. The number of benzene rings is 1. The molecule has 1 N–H and O–H groups in total. The normalized spacial score (nSPS) is 11.3. The summed E-state index contributed by atoms with van der Waals surface area (Å²) in [5, 5.41) is 2.68. The van der Waals surface area contributed by atoms with Gasteiger partial charge < -0.3 is 19.7 Å². The standard InChI is InChI=1S/C25H28N4O4/c1-3-32-25(31)21(24(30)28-22-8-4-6-14-26-22)18-19-10-12-20(13-11-19)33-17-16-29(2)23-9-5-7-15-27-23/h4-15,21H,3,16-18H2,1-2H3,(H,26,28,30). The molecule has 33 heavy (non-hydrogen) atoms. The van der Waals surface area contributed by atoms with E-state index in [1.54, 1.807) is 37.5 Å². The molecule has 0 bridgehead atoms. The molecule has 0 saturated carbocycles. The minimum Gasteiger partial charge on any atom is -0.492 e. The van der Waals surface area contributed by atoms with Crippen molar-refractivity contribution >= 4 is 23.5 Å². The topological polar surface area (TPSA) is 93.7 Å². The number of nitrogens with zero attached hydrogens (tertiary/aromatic N) is 3. The number of hydrogen-bond acceptors (Lipinski definition) is 7. The summed E-state index contributed by atoms with van der Waals surface area (Å²) in [7, 11) is 1.96. The lowest BCUT2D eigenvalue weighted by atomic mass is 9.98. The predicted octanol–water partition coefficient (Wildman–Crippen LogP) is 3.35. The Morgan fingerprint density at radius 2 is 1.73 bits per heavy atom. The molecule has 0 radical (unpaired) electrons. The first-order valence-electron chi connectivity index (χ1n) is 10.8. The summed E-state index contributed by atoms with van der Waals surface area (Å²) < 4.78 is 10.9. The van der Waals surface area contributed by atoms with E-state index >= 15 is 0 Å². The van der Waals surface area contributed by atoms with Crippen LogP contribution in [-0.2, 0) is 20.7 Å². The molecule has 1 unspecified atom stereocenters. The first-order chi connectivity index (χ1) is 16.1. The molecule has 1 atom stereocenters. The number of esters is 1. The Balaban J connectivity index is 1.56. The molecule has 8 heteroatoms. The van der Waals surface area contributed by atoms with E-state index in [0.29, 0.717) is 24.7 Å². The highest BCUT2D eigenvalue weighted by atomic mass is 16.5. The summed E-state index contributed by atoms with van der Waals surface area (Å²) >= 11 is 0. The van der Waals surface area contributed by atoms with E-state index in [9.17, 15) is 9.59 Å². The van der Waals surface area contributed by atoms with Crippen molar-refractivity contribution in [1.29, 1.82) is 0 Å². The van der Waals surface area contributed by atoms with Crippen LogP contribution < -0.4 is 15.0 Å². The monoisotopic (exact) mass is 448 g/mol. The number of ether oxygens (including phenoxy) is 2. The molecular weight excluding hydrogens is 420 g/mol. The van der Waals surface area contributed by atoms with Gasteiger partial charge in [-0.3, -0.25) is 9.59 Å². The van der Waals surface area contributed by atoms with Gasteiger partial charge >= 0.3 is 5.97 Å². The number of amides is 1. The van der Waals surface area contributed by atoms with Crippen molar-refractivity contribution in [1.82, 2.24) is 9.97 Å². The van der Waals surface area contributed by atoms with Crippen molar-refractivity contribution in [3.63, 3.8) is 0 Å². The van der Waals surface area contributed by atoms with Crippen LogP contribution >= 0.6 is 0 Å². The number of nitrogens with one attached hydrogen (secondary N) is 1. The number of carbonyl (C=O) groups is 2. The number of carbonyl (C=O) groups excluding carboxylic acids is 2. The first-order valence-corrected chi connectivity index (χ1v) is 10.8. The van der Waals surface area contributed by atoms with Crippen LogP contribution in [0, 0.1) is 5.92 Å². The Bertz CT molecular complexity index is 1010. The third-order valence-electron chi connectivity index (χ3n) is 4.90. The first kappa shape index (κ1) is 23.7.